The number of rotatable bonds is 9. The molecule has 1 aliphatic rings. The van der Waals surface area contributed by atoms with Gasteiger partial charge < -0.3 is 24.4 Å². The van der Waals surface area contributed by atoms with E-state index in [0.29, 0.717) is 49.9 Å². The first-order chi connectivity index (χ1) is 15.6. The molecule has 168 valence electrons. The van der Waals surface area contributed by atoms with Crippen molar-refractivity contribution >= 4 is 34.4 Å². The Kier molecular flexibility index (Phi) is 8.80. The minimum Gasteiger partial charge on any atom is -0.447 e. The maximum absolute atomic E-state index is 12.3. The van der Waals surface area contributed by atoms with Gasteiger partial charge in [0.1, 0.15) is 17.7 Å². The van der Waals surface area contributed by atoms with Crippen molar-refractivity contribution in [3.05, 3.63) is 58.0 Å². The molecule has 0 atom stereocenters. The van der Waals surface area contributed by atoms with Crippen LogP contribution >= 0.6 is 11.3 Å². The van der Waals surface area contributed by atoms with Crippen LogP contribution in [0.3, 0.4) is 0 Å². The minimum atomic E-state index is -0.422. The molecule has 2 aromatic rings. The van der Waals surface area contributed by atoms with E-state index in [4.69, 9.17) is 14.2 Å². The molecule has 3 rings (SSSR count). The van der Waals surface area contributed by atoms with Crippen molar-refractivity contribution in [3.8, 4) is 6.07 Å². The summed E-state index contributed by atoms with van der Waals surface area (Å²) in [5.74, 6) is -0.311. The highest BCUT2D eigenvalue weighted by molar-refractivity contribution is 7.16. The summed E-state index contributed by atoms with van der Waals surface area (Å²) < 4.78 is 15.4. The Bertz CT molecular complexity index is 997. The van der Waals surface area contributed by atoms with Gasteiger partial charge in [0.05, 0.1) is 31.9 Å². The van der Waals surface area contributed by atoms with Crippen molar-refractivity contribution in [3.63, 3.8) is 0 Å². The standard InChI is InChI=1S/C23H25N3O5S/c1-29-11-12-30-13-14-31-23(28)26-10-9-18-19(15-24)22(32-20(18)16-26)25-21(27)8-7-17-5-3-2-4-6-17/h2-8H,9-14,16H2,1H3,(H,25,27). The Balaban J connectivity index is 1.57. The van der Waals surface area contributed by atoms with Crippen LogP contribution in [0.15, 0.2) is 36.4 Å². The molecule has 32 heavy (non-hydrogen) atoms. The van der Waals surface area contributed by atoms with Crippen LogP contribution < -0.4 is 5.32 Å². The SMILES string of the molecule is COCCOCCOC(=O)N1CCc2c(sc(NC(=O)C=Cc3ccccc3)c2C#N)C1. The first kappa shape index (κ1) is 23.5. The summed E-state index contributed by atoms with van der Waals surface area (Å²) in [6.07, 6.45) is 3.26. The number of amides is 2. The topological polar surface area (TPSA) is 101 Å². The number of carbonyl (C=O) groups is 2. The monoisotopic (exact) mass is 455 g/mol. The molecule has 1 aromatic carbocycles. The lowest BCUT2D eigenvalue weighted by Gasteiger charge is -2.26. The third kappa shape index (κ3) is 6.40. The van der Waals surface area contributed by atoms with Crippen LogP contribution in [-0.4, -0.2) is 57.0 Å². The van der Waals surface area contributed by atoms with Gasteiger partial charge in [-0.25, -0.2) is 4.79 Å². The number of nitrogens with one attached hydrogen (secondary N) is 1. The number of anilines is 1. The zero-order valence-corrected chi connectivity index (χ0v) is 18.7. The average Bonchev–Trinajstić information content (AvgIpc) is 3.16. The summed E-state index contributed by atoms with van der Waals surface area (Å²) >= 11 is 1.32. The molecule has 2 amide bonds. The molecular weight excluding hydrogens is 430 g/mol. The smallest absolute Gasteiger partial charge is 0.410 e. The van der Waals surface area contributed by atoms with E-state index in [2.05, 4.69) is 11.4 Å². The van der Waals surface area contributed by atoms with Crippen molar-refractivity contribution in [2.24, 2.45) is 0 Å². The van der Waals surface area contributed by atoms with Crippen LogP contribution in [0.5, 0.6) is 0 Å². The Morgan fingerprint density at radius 3 is 2.75 bits per heavy atom. The van der Waals surface area contributed by atoms with Crippen molar-refractivity contribution in [1.82, 2.24) is 4.90 Å². The fourth-order valence-electron chi connectivity index (χ4n) is 3.18. The molecule has 2 heterocycles. The number of thiophene rings is 1. The van der Waals surface area contributed by atoms with Gasteiger partial charge in [-0.15, -0.1) is 11.3 Å². The molecule has 1 aliphatic heterocycles. The third-order valence-electron chi connectivity index (χ3n) is 4.78. The van der Waals surface area contributed by atoms with Crippen LogP contribution in [0, 0.1) is 11.3 Å². The lowest BCUT2D eigenvalue weighted by Crippen LogP contribution is -2.36. The number of nitrogens with zero attached hydrogens (tertiary/aromatic N) is 2. The Morgan fingerprint density at radius 1 is 1.22 bits per heavy atom. The molecule has 8 nitrogen and oxygen atoms in total. The molecule has 0 unspecified atom stereocenters. The highest BCUT2D eigenvalue weighted by Crippen LogP contribution is 2.36. The van der Waals surface area contributed by atoms with Crippen molar-refractivity contribution < 1.29 is 23.8 Å². The quantitative estimate of drug-likeness (QED) is 0.459. The summed E-state index contributed by atoms with van der Waals surface area (Å²) in [4.78, 5) is 27.2. The summed E-state index contributed by atoms with van der Waals surface area (Å²) in [5, 5.41) is 12.9. The van der Waals surface area contributed by atoms with E-state index < -0.39 is 6.09 Å². The fraction of sp³-hybridized carbons (Fsp3) is 0.348. The minimum absolute atomic E-state index is 0.162. The first-order valence-corrected chi connectivity index (χ1v) is 11.0. The van der Waals surface area contributed by atoms with Gasteiger partial charge in [0.15, 0.2) is 0 Å². The van der Waals surface area contributed by atoms with Gasteiger partial charge in [0.2, 0.25) is 5.91 Å². The molecule has 0 saturated carbocycles. The number of hydrogen-bond acceptors (Lipinski definition) is 7. The van der Waals surface area contributed by atoms with Crippen molar-refractivity contribution in [2.75, 3.05) is 45.4 Å². The molecule has 9 heteroatoms. The molecule has 0 spiro atoms. The van der Waals surface area contributed by atoms with E-state index in [-0.39, 0.29) is 12.5 Å². The second-order valence-electron chi connectivity index (χ2n) is 6.94. The largest absolute Gasteiger partial charge is 0.447 e. The van der Waals surface area contributed by atoms with Gasteiger partial charge in [-0.05, 0) is 23.6 Å². The maximum Gasteiger partial charge on any atom is 0.410 e. The van der Waals surface area contributed by atoms with Crippen molar-refractivity contribution in [1.29, 1.82) is 5.26 Å². The van der Waals surface area contributed by atoms with Crippen LogP contribution in [0.4, 0.5) is 9.80 Å². The summed E-state index contributed by atoms with van der Waals surface area (Å²) in [7, 11) is 1.59. The molecule has 0 aliphatic carbocycles. The summed E-state index contributed by atoms with van der Waals surface area (Å²) in [6.45, 7) is 2.19. The van der Waals surface area contributed by atoms with Crippen LogP contribution in [0.2, 0.25) is 0 Å². The molecule has 0 saturated heterocycles. The number of hydrogen-bond donors (Lipinski definition) is 1. The normalized spacial score (nSPS) is 12.9. The molecule has 0 bridgehead atoms. The number of carbonyl (C=O) groups excluding carboxylic acids is 2. The van der Waals surface area contributed by atoms with Crippen LogP contribution in [0.25, 0.3) is 6.08 Å². The van der Waals surface area contributed by atoms with Gasteiger partial charge >= 0.3 is 6.09 Å². The second kappa shape index (κ2) is 12.0. The summed E-state index contributed by atoms with van der Waals surface area (Å²) in [6, 6.07) is 11.7. The average molecular weight is 456 g/mol. The highest BCUT2D eigenvalue weighted by Gasteiger charge is 2.28. The number of fused-ring (bicyclic) bond motifs is 1. The number of benzene rings is 1. The Hall–Kier alpha value is -3.19. The van der Waals surface area contributed by atoms with Gasteiger partial charge in [-0.3, -0.25) is 4.79 Å². The zero-order chi connectivity index (χ0) is 22.8. The molecule has 0 radical (unpaired) electrons. The molecule has 0 fully saturated rings. The van der Waals surface area contributed by atoms with E-state index >= 15 is 0 Å². The third-order valence-corrected chi connectivity index (χ3v) is 5.91. The number of ether oxygens (including phenoxy) is 3. The molecular formula is C23H25N3O5S. The zero-order valence-electron chi connectivity index (χ0n) is 17.8. The lowest BCUT2D eigenvalue weighted by atomic mass is 10.0. The number of nitriles is 1. The number of methoxy groups -OCH3 is 1. The lowest BCUT2D eigenvalue weighted by molar-refractivity contribution is -0.111. The van der Waals surface area contributed by atoms with Gasteiger partial charge in [0.25, 0.3) is 0 Å². The van der Waals surface area contributed by atoms with E-state index in [9.17, 15) is 14.9 Å². The second-order valence-corrected chi connectivity index (χ2v) is 8.05. The van der Waals surface area contributed by atoms with Gasteiger partial charge in [0, 0.05) is 24.6 Å². The van der Waals surface area contributed by atoms with Gasteiger partial charge in [-0.1, -0.05) is 30.3 Å². The van der Waals surface area contributed by atoms with E-state index in [1.807, 2.05) is 30.3 Å². The fourth-order valence-corrected chi connectivity index (χ4v) is 4.40. The predicted molar refractivity (Wildman–Crippen MR) is 121 cm³/mol. The maximum atomic E-state index is 12.3. The van der Waals surface area contributed by atoms with E-state index in [0.717, 1.165) is 16.0 Å². The Labute approximate surface area is 191 Å². The molecule has 1 N–H and O–H groups in total. The van der Waals surface area contributed by atoms with Gasteiger partial charge in [-0.2, -0.15) is 5.26 Å². The van der Waals surface area contributed by atoms with E-state index in [1.165, 1.54) is 17.4 Å². The predicted octanol–water partition coefficient (Wildman–Crippen LogP) is 3.43. The Morgan fingerprint density at radius 2 is 2.00 bits per heavy atom. The summed E-state index contributed by atoms with van der Waals surface area (Å²) in [5.41, 5.74) is 2.25. The van der Waals surface area contributed by atoms with E-state index in [1.54, 1.807) is 18.1 Å². The first-order valence-electron chi connectivity index (χ1n) is 10.2. The molecule has 1 aromatic heterocycles. The highest BCUT2D eigenvalue weighted by atomic mass is 32.1. The van der Waals surface area contributed by atoms with Crippen LogP contribution in [-0.2, 0) is 32.0 Å². The van der Waals surface area contributed by atoms with Crippen molar-refractivity contribution in [2.45, 2.75) is 13.0 Å². The van der Waals surface area contributed by atoms with Crippen LogP contribution in [0.1, 0.15) is 21.6 Å².